The summed E-state index contributed by atoms with van der Waals surface area (Å²) >= 11 is 0. The van der Waals surface area contributed by atoms with Crippen LogP contribution in [0.1, 0.15) is 55.9 Å². The van der Waals surface area contributed by atoms with Gasteiger partial charge in [-0.3, -0.25) is 4.99 Å². The molecule has 0 spiro atoms. The van der Waals surface area contributed by atoms with E-state index in [0.29, 0.717) is 28.9 Å². The van der Waals surface area contributed by atoms with Crippen LogP contribution < -0.4 is 20.5 Å². The third-order valence-electron chi connectivity index (χ3n) is 5.84. The van der Waals surface area contributed by atoms with E-state index in [9.17, 15) is 18.0 Å². The van der Waals surface area contributed by atoms with Crippen molar-refractivity contribution in [2.75, 3.05) is 13.7 Å². The molecule has 0 bridgehead atoms. The summed E-state index contributed by atoms with van der Waals surface area (Å²) < 4.78 is 44.4. The van der Waals surface area contributed by atoms with E-state index in [1.807, 2.05) is 30.3 Å². The van der Waals surface area contributed by atoms with Crippen LogP contribution in [0.5, 0.6) is 5.75 Å². The first kappa shape index (κ1) is 32.4. The van der Waals surface area contributed by atoms with E-state index in [0.717, 1.165) is 5.56 Å². The number of guanidine groups is 1. The molecule has 1 amide bonds. The topological polar surface area (TPSA) is 158 Å². The van der Waals surface area contributed by atoms with Gasteiger partial charge in [-0.05, 0) is 82.7 Å². The SMILES string of the molecule is COc1cc(C)c(S(=O)(=O)NC(N)=NCCCC(NC(=O)OCc2ccccc2)C(=O)OC(C)(C)C)c(C)c1C. The highest BCUT2D eigenvalue weighted by molar-refractivity contribution is 7.90. The number of aliphatic imine (C=N–C) groups is 1. The number of nitrogens with zero attached hydrogens (tertiary/aromatic N) is 1. The Bertz CT molecular complexity index is 1320. The van der Waals surface area contributed by atoms with Crippen LogP contribution in [0.25, 0.3) is 0 Å². The van der Waals surface area contributed by atoms with E-state index < -0.39 is 33.7 Å². The first-order chi connectivity index (χ1) is 18.6. The molecule has 0 saturated heterocycles. The Morgan fingerprint density at radius 3 is 2.33 bits per heavy atom. The number of alkyl carbamates (subject to hydrolysis) is 1. The molecule has 2 aromatic rings. The lowest BCUT2D eigenvalue weighted by Gasteiger charge is -2.24. The van der Waals surface area contributed by atoms with Crippen molar-refractivity contribution in [1.29, 1.82) is 0 Å². The molecule has 0 heterocycles. The van der Waals surface area contributed by atoms with E-state index in [4.69, 9.17) is 19.9 Å². The molecule has 2 rings (SSSR count). The largest absolute Gasteiger partial charge is 0.496 e. The maximum Gasteiger partial charge on any atom is 0.408 e. The number of amides is 1. The number of esters is 1. The summed E-state index contributed by atoms with van der Waals surface area (Å²) in [6.45, 7) is 10.4. The van der Waals surface area contributed by atoms with Crippen LogP contribution in [0.3, 0.4) is 0 Å². The summed E-state index contributed by atoms with van der Waals surface area (Å²) in [4.78, 5) is 29.3. The van der Waals surface area contributed by atoms with Crippen LogP contribution in [0.4, 0.5) is 4.79 Å². The molecule has 4 N–H and O–H groups in total. The first-order valence-corrected chi connectivity index (χ1v) is 14.3. The fraction of sp³-hybridized carbons (Fsp3) is 0.464. The van der Waals surface area contributed by atoms with Gasteiger partial charge in [-0.15, -0.1) is 0 Å². The van der Waals surface area contributed by atoms with Crippen molar-refractivity contribution in [2.45, 2.75) is 77.5 Å². The number of nitrogens with two attached hydrogens (primary N) is 1. The van der Waals surface area contributed by atoms with Crippen LogP contribution in [0.15, 0.2) is 46.3 Å². The van der Waals surface area contributed by atoms with Gasteiger partial charge in [0.1, 0.15) is 24.0 Å². The smallest absolute Gasteiger partial charge is 0.408 e. The van der Waals surface area contributed by atoms with Crippen molar-refractivity contribution in [2.24, 2.45) is 10.7 Å². The molecule has 0 fully saturated rings. The zero-order valence-corrected chi connectivity index (χ0v) is 25.0. The molecule has 0 aliphatic rings. The molecule has 0 saturated carbocycles. The molecule has 1 atom stereocenters. The zero-order chi connectivity index (χ0) is 30.1. The Morgan fingerprint density at radius 1 is 1.07 bits per heavy atom. The summed E-state index contributed by atoms with van der Waals surface area (Å²) in [7, 11) is -2.49. The zero-order valence-electron chi connectivity index (χ0n) is 24.2. The fourth-order valence-corrected chi connectivity index (χ4v) is 5.37. The van der Waals surface area contributed by atoms with Gasteiger partial charge in [-0.2, -0.15) is 0 Å². The molecule has 0 radical (unpaired) electrons. The number of sulfonamides is 1. The van der Waals surface area contributed by atoms with Crippen molar-refractivity contribution in [3.8, 4) is 5.75 Å². The number of carbonyl (C=O) groups excluding carboxylic acids is 2. The number of hydrogen-bond donors (Lipinski definition) is 3. The summed E-state index contributed by atoms with van der Waals surface area (Å²) in [6, 6.07) is 9.78. The normalized spacial score (nSPS) is 12.8. The van der Waals surface area contributed by atoms with E-state index in [1.165, 1.54) is 7.11 Å². The molecule has 12 heteroatoms. The lowest BCUT2D eigenvalue weighted by molar-refractivity contribution is -0.157. The molecular weight excluding hydrogens is 536 g/mol. The Kier molecular flexibility index (Phi) is 11.4. The standard InChI is InChI=1S/C28H40N4O7S/c1-18-16-23(37-7)19(2)20(3)24(18)40(35,36)32-26(29)30-15-11-14-22(25(33)39-28(4,5)6)31-27(34)38-17-21-12-9-8-10-13-21/h8-10,12-13,16,22H,11,14-15,17H2,1-7H3,(H,31,34)(H3,29,30,32). The summed E-state index contributed by atoms with van der Waals surface area (Å²) in [5, 5.41) is 2.55. The lowest BCUT2D eigenvalue weighted by atomic mass is 10.1. The molecule has 40 heavy (non-hydrogen) atoms. The minimum atomic E-state index is -4.01. The number of carbonyl (C=O) groups is 2. The Labute approximate surface area is 236 Å². The molecule has 0 aliphatic heterocycles. The van der Waals surface area contributed by atoms with Gasteiger partial charge in [0, 0.05) is 6.54 Å². The minimum absolute atomic E-state index is 0.0430. The second-order valence-electron chi connectivity index (χ2n) is 10.3. The maximum atomic E-state index is 13.0. The van der Waals surface area contributed by atoms with Crippen molar-refractivity contribution < 1.29 is 32.2 Å². The highest BCUT2D eigenvalue weighted by atomic mass is 32.2. The van der Waals surface area contributed by atoms with Crippen LogP contribution in [0.2, 0.25) is 0 Å². The second kappa shape index (κ2) is 14.0. The molecule has 0 aliphatic carbocycles. The number of rotatable bonds is 11. The predicted octanol–water partition coefficient (Wildman–Crippen LogP) is 3.63. The summed E-state index contributed by atoms with van der Waals surface area (Å²) in [5.41, 5.74) is 7.67. The Hall–Kier alpha value is -3.80. The number of aryl methyl sites for hydroxylation is 1. The first-order valence-electron chi connectivity index (χ1n) is 12.8. The predicted molar refractivity (Wildman–Crippen MR) is 153 cm³/mol. The van der Waals surface area contributed by atoms with Crippen LogP contribution in [-0.2, 0) is 30.9 Å². The van der Waals surface area contributed by atoms with E-state index in [1.54, 1.807) is 47.6 Å². The highest BCUT2D eigenvalue weighted by Gasteiger charge is 2.27. The monoisotopic (exact) mass is 576 g/mol. The van der Waals surface area contributed by atoms with Gasteiger partial charge in [0.25, 0.3) is 10.0 Å². The fourth-order valence-electron chi connectivity index (χ4n) is 3.89. The molecule has 11 nitrogen and oxygen atoms in total. The van der Waals surface area contributed by atoms with Gasteiger partial charge in [0.15, 0.2) is 0 Å². The number of ether oxygens (including phenoxy) is 3. The Balaban J connectivity index is 2.03. The quantitative estimate of drug-likeness (QED) is 0.158. The number of nitrogens with one attached hydrogen (secondary N) is 2. The number of methoxy groups -OCH3 is 1. The highest BCUT2D eigenvalue weighted by Crippen LogP contribution is 2.30. The van der Waals surface area contributed by atoms with Gasteiger partial charge in [-0.25, -0.2) is 22.7 Å². The molecule has 0 aromatic heterocycles. The van der Waals surface area contributed by atoms with Crippen LogP contribution in [0, 0.1) is 20.8 Å². The van der Waals surface area contributed by atoms with Gasteiger partial charge < -0.3 is 25.3 Å². The van der Waals surface area contributed by atoms with Crippen molar-refractivity contribution >= 4 is 28.0 Å². The Morgan fingerprint density at radius 2 is 1.73 bits per heavy atom. The molecule has 1 unspecified atom stereocenters. The van der Waals surface area contributed by atoms with Crippen molar-refractivity contribution in [3.63, 3.8) is 0 Å². The van der Waals surface area contributed by atoms with E-state index in [2.05, 4.69) is 15.0 Å². The van der Waals surface area contributed by atoms with Crippen molar-refractivity contribution in [1.82, 2.24) is 10.0 Å². The van der Waals surface area contributed by atoms with Crippen LogP contribution in [-0.4, -0.2) is 51.7 Å². The summed E-state index contributed by atoms with van der Waals surface area (Å²) in [6.07, 6.45) is -0.309. The summed E-state index contributed by atoms with van der Waals surface area (Å²) in [5.74, 6) is -0.327. The minimum Gasteiger partial charge on any atom is -0.496 e. The average Bonchev–Trinajstić information content (AvgIpc) is 2.85. The third kappa shape index (κ3) is 9.74. The average molecular weight is 577 g/mol. The molecular formula is C28H40N4O7S. The third-order valence-corrected chi connectivity index (χ3v) is 7.48. The lowest BCUT2D eigenvalue weighted by Crippen LogP contribution is -2.44. The molecule has 2 aromatic carbocycles. The van der Waals surface area contributed by atoms with Gasteiger partial charge in [-0.1, -0.05) is 30.3 Å². The van der Waals surface area contributed by atoms with Gasteiger partial charge in [0.2, 0.25) is 5.96 Å². The maximum absolute atomic E-state index is 13.0. The second-order valence-corrected chi connectivity index (χ2v) is 11.9. The van der Waals surface area contributed by atoms with E-state index in [-0.39, 0.29) is 30.4 Å². The van der Waals surface area contributed by atoms with Gasteiger partial charge >= 0.3 is 12.1 Å². The van der Waals surface area contributed by atoms with E-state index >= 15 is 0 Å². The van der Waals surface area contributed by atoms with Crippen molar-refractivity contribution in [3.05, 3.63) is 58.7 Å². The van der Waals surface area contributed by atoms with Crippen LogP contribution >= 0.6 is 0 Å². The number of hydrogen-bond acceptors (Lipinski definition) is 8. The number of benzene rings is 2. The van der Waals surface area contributed by atoms with Gasteiger partial charge in [0.05, 0.1) is 12.0 Å². The molecule has 220 valence electrons.